The fraction of sp³-hybridized carbons (Fsp3) is 0.200. The van der Waals surface area contributed by atoms with Gasteiger partial charge in [-0.2, -0.15) is 0 Å². The first kappa shape index (κ1) is 20.8. The van der Waals surface area contributed by atoms with Crippen LogP contribution in [-0.2, 0) is 4.79 Å². The first-order valence-electron chi connectivity index (χ1n) is 7.94. The Hall–Kier alpha value is -2.97. The Labute approximate surface area is 176 Å². The van der Waals surface area contributed by atoms with E-state index in [-0.39, 0.29) is 28.0 Å². The molecule has 2 aromatic heterocycles. The fourth-order valence-corrected chi connectivity index (χ4v) is 4.22. The lowest BCUT2D eigenvalue weighted by atomic mass is 10.1. The molecule has 0 aliphatic rings. The Morgan fingerprint density at radius 3 is 2.52 bits per heavy atom. The monoisotopic (exact) mass is 451 g/mol. The van der Waals surface area contributed by atoms with Crippen molar-refractivity contribution in [2.45, 2.75) is 18.2 Å². The van der Waals surface area contributed by atoms with Crippen LogP contribution >= 0.6 is 34.4 Å². The Balaban J connectivity index is 1.56. The molecule has 0 atom stereocenters. The molecule has 2 heterocycles. The van der Waals surface area contributed by atoms with Gasteiger partial charge in [-0.05, 0) is 19.9 Å². The number of hydrogen-bond donors (Lipinski definition) is 2. The third kappa shape index (κ3) is 5.52. The highest BCUT2D eigenvalue weighted by atomic mass is 32.2. The van der Waals surface area contributed by atoms with Gasteiger partial charge in [0, 0.05) is 17.2 Å². The number of nitrogens with zero attached hydrogens (tertiary/aromatic N) is 5. The molecular weight excluding hydrogens is 438 g/mol. The minimum atomic E-state index is -0.542. The van der Waals surface area contributed by atoms with Gasteiger partial charge < -0.3 is 0 Å². The largest absolute Gasteiger partial charge is 0.300 e. The molecule has 2 amide bonds. The van der Waals surface area contributed by atoms with E-state index in [0.717, 1.165) is 28.1 Å². The van der Waals surface area contributed by atoms with Crippen LogP contribution in [-0.4, -0.2) is 42.9 Å². The number of anilines is 2. The number of nitro benzene ring substituents is 1. The van der Waals surface area contributed by atoms with Gasteiger partial charge in [-0.3, -0.25) is 30.3 Å². The molecular formula is C15H13N7O4S3. The summed E-state index contributed by atoms with van der Waals surface area (Å²) in [5.41, 5.74) is 0.462. The summed E-state index contributed by atoms with van der Waals surface area (Å²) in [6, 6.07) is 4.21. The maximum Gasteiger partial charge on any atom is 0.273 e. The normalized spacial score (nSPS) is 10.6. The van der Waals surface area contributed by atoms with Crippen molar-refractivity contribution in [3.63, 3.8) is 0 Å². The molecule has 0 fully saturated rings. The van der Waals surface area contributed by atoms with E-state index in [0.29, 0.717) is 15.0 Å². The summed E-state index contributed by atoms with van der Waals surface area (Å²) in [5, 5.41) is 33.0. The van der Waals surface area contributed by atoms with Crippen LogP contribution in [0.15, 0.2) is 22.5 Å². The van der Waals surface area contributed by atoms with E-state index in [9.17, 15) is 19.7 Å². The van der Waals surface area contributed by atoms with Crippen LogP contribution in [0.1, 0.15) is 20.9 Å². The topological polar surface area (TPSA) is 153 Å². The van der Waals surface area contributed by atoms with Gasteiger partial charge in [0.2, 0.25) is 16.2 Å². The number of benzene rings is 1. The summed E-state index contributed by atoms with van der Waals surface area (Å²) >= 11 is 3.52. The van der Waals surface area contributed by atoms with E-state index in [1.165, 1.54) is 29.5 Å². The fourth-order valence-electron chi connectivity index (χ4n) is 2.06. The zero-order valence-corrected chi connectivity index (χ0v) is 17.5. The van der Waals surface area contributed by atoms with Crippen molar-refractivity contribution < 1.29 is 14.5 Å². The van der Waals surface area contributed by atoms with Gasteiger partial charge in [0.1, 0.15) is 5.01 Å². The number of aromatic nitrogens is 4. The molecule has 0 unspecified atom stereocenters. The maximum atomic E-state index is 12.3. The van der Waals surface area contributed by atoms with Gasteiger partial charge in [-0.15, -0.1) is 20.4 Å². The lowest BCUT2D eigenvalue weighted by Crippen LogP contribution is -2.13. The number of amides is 2. The summed E-state index contributed by atoms with van der Waals surface area (Å²) < 4.78 is 0.485. The number of carbonyl (C=O) groups is 2. The highest BCUT2D eigenvalue weighted by Gasteiger charge is 2.17. The number of aryl methyl sites for hydroxylation is 2. The van der Waals surface area contributed by atoms with Gasteiger partial charge in [0.15, 0.2) is 4.34 Å². The van der Waals surface area contributed by atoms with E-state index >= 15 is 0 Å². The van der Waals surface area contributed by atoms with Gasteiger partial charge >= 0.3 is 0 Å². The van der Waals surface area contributed by atoms with Crippen LogP contribution in [0.2, 0.25) is 0 Å². The number of nitrogens with one attached hydrogen (secondary N) is 2. The lowest BCUT2D eigenvalue weighted by Gasteiger charge is -2.02. The number of hydrogen-bond acceptors (Lipinski definition) is 11. The SMILES string of the molecule is Cc1nnc(NC(=O)CSc2nnc(NC(=O)c3ccc(C)c([N+](=O)[O-])c3)s2)s1. The van der Waals surface area contributed by atoms with Crippen molar-refractivity contribution in [2.24, 2.45) is 0 Å². The van der Waals surface area contributed by atoms with Crippen molar-refractivity contribution in [1.29, 1.82) is 0 Å². The predicted octanol–water partition coefficient (Wildman–Crippen LogP) is 2.90. The first-order chi connectivity index (χ1) is 13.8. The van der Waals surface area contributed by atoms with Crippen LogP contribution in [0.5, 0.6) is 0 Å². The zero-order valence-electron chi connectivity index (χ0n) is 15.0. The molecule has 1 aromatic carbocycles. The van der Waals surface area contributed by atoms with Crippen LogP contribution < -0.4 is 10.6 Å². The Morgan fingerprint density at radius 1 is 1.10 bits per heavy atom. The van der Waals surface area contributed by atoms with Crippen molar-refractivity contribution in [3.05, 3.63) is 44.4 Å². The van der Waals surface area contributed by atoms with Crippen LogP contribution in [0.25, 0.3) is 0 Å². The average Bonchev–Trinajstić information content (AvgIpc) is 3.28. The van der Waals surface area contributed by atoms with E-state index < -0.39 is 10.8 Å². The second-order valence-electron chi connectivity index (χ2n) is 5.55. The van der Waals surface area contributed by atoms with Crippen molar-refractivity contribution >= 4 is 62.2 Å². The van der Waals surface area contributed by atoms with Crippen LogP contribution in [0, 0.1) is 24.0 Å². The molecule has 0 spiro atoms. The van der Waals surface area contributed by atoms with Gasteiger partial charge in [-0.25, -0.2) is 0 Å². The minimum Gasteiger partial charge on any atom is -0.300 e. The minimum absolute atomic E-state index is 0.0887. The molecule has 0 aliphatic heterocycles. The molecule has 11 nitrogen and oxygen atoms in total. The second kappa shape index (κ2) is 9.02. The predicted molar refractivity (Wildman–Crippen MR) is 110 cm³/mol. The molecule has 29 heavy (non-hydrogen) atoms. The third-order valence-electron chi connectivity index (χ3n) is 3.39. The molecule has 0 saturated heterocycles. The molecule has 0 radical (unpaired) electrons. The molecule has 3 rings (SSSR count). The van der Waals surface area contributed by atoms with Gasteiger partial charge in [0.25, 0.3) is 11.6 Å². The van der Waals surface area contributed by atoms with Crippen molar-refractivity contribution in [3.8, 4) is 0 Å². The molecule has 3 aromatic rings. The molecule has 0 bridgehead atoms. The van der Waals surface area contributed by atoms with E-state index in [1.807, 2.05) is 0 Å². The molecule has 14 heteroatoms. The van der Waals surface area contributed by atoms with E-state index in [2.05, 4.69) is 31.0 Å². The van der Waals surface area contributed by atoms with Gasteiger partial charge in [0.05, 0.1) is 10.7 Å². The summed E-state index contributed by atoms with van der Waals surface area (Å²) in [5.74, 6) is -0.713. The lowest BCUT2D eigenvalue weighted by molar-refractivity contribution is -0.385. The highest BCUT2D eigenvalue weighted by Crippen LogP contribution is 2.27. The Bertz CT molecular complexity index is 1080. The number of thioether (sulfide) groups is 1. The number of nitro groups is 1. The molecule has 150 valence electrons. The second-order valence-corrected chi connectivity index (χ2v) is 8.93. The smallest absolute Gasteiger partial charge is 0.273 e. The van der Waals surface area contributed by atoms with Crippen molar-refractivity contribution in [2.75, 3.05) is 16.4 Å². The number of carbonyl (C=O) groups excluding carboxylic acids is 2. The third-order valence-corrected chi connectivity index (χ3v) is 6.12. The Kier molecular flexibility index (Phi) is 6.46. The van der Waals surface area contributed by atoms with Crippen LogP contribution in [0.4, 0.5) is 16.0 Å². The average molecular weight is 452 g/mol. The zero-order chi connectivity index (χ0) is 21.0. The summed E-state index contributed by atoms with van der Waals surface area (Å²) in [6.07, 6.45) is 0. The summed E-state index contributed by atoms with van der Waals surface area (Å²) in [6.45, 7) is 3.38. The molecule has 0 saturated carbocycles. The van der Waals surface area contributed by atoms with Gasteiger partial charge in [-0.1, -0.05) is 40.5 Å². The summed E-state index contributed by atoms with van der Waals surface area (Å²) in [4.78, 5) is 34.7. The summed E-state index contributed by atoms with van der Waals surface area (Å²) in [7, 11) is 0. The molecule has 2 N–H and O–H groups in total. The van der Waals surface area contributed by atoms with E-state index in [4.69, 9.17) is 0 Å². The van der Waals surface area contributed by atoms with E-state index in [1.54, 1.807) is 13.8 Å². The molecule has 0 aliphatic carbocycles. The Morgan fingerprint density at radius 2 is 1.83 bits per heavy atom. The highest BCUT2D eigenvalue weighted by molar-refractivity contribution is 8.01. The van der Waals surface area contributed by atoms with Crippen molar-refractivity contribution in [1.82, 2.24) is 20.4 Å². The standard InChI is InChI=1S/C15H13N7O4S3/c1-7-3-4-9(5-10(7)22(25)26)12(24)17-14-20-21-15(29-14)27-6-11(23)16-13-19-18-8(2)28-13/h3-5H,6H2,1-2H3,(H,16,19,23)(H,17,20,24). The number of rotatable bonds is 7. The van der Waals surface area contributed by atoms with Crippen LogP contribution in [0.3, 0.4) is 0 Å². The first-order valence-corrected chi connectivity index (χ1v) is 10.6. The quantitative estimate of drug-likeness (QED) is 0.239. The maximum absolute atomic E-state index is 12.3.